The summed E-state index contributed by atoms with van der Waals surface area (Å²) in [6, 6.07) is 21.5. The molecule has 1 aliphatic rings. The van der Waals surface area contributed by atoms with Crippen LogP contribution < -0.4 is 10.5 Å². The molecule has 6 heteroatoms. The van der Waals surface area contributed by atoms with Gasteiger partial charge in [-0.1, -0.05) is 36.4 Å². The quantitative estimate of drug-likeness (QED) is 0.454. The summed E-state index contributed by atoms with van der Waals surface area (Å²) >= 11 is 0. The lowest BCUT2D eigenvalue weighted by atomic mass is 9.96. The lowest BCUT2D eigenvalue weighted by Crippen LogP contribution is -2.09. The number of fused-ring (bicyclic) bond motifs is 2. The number of nitriles is 1. The van der Waals surface area contributed by atoms with Gasteiger partial charge in [0.1, 0.15) is 17.7 Å². The molecule has 4 aromatic rings. The van der Waals surface area contributed by atoms with Crippen LogP contribution in [-0.4, -0.2) is 16.1 Å². The minimum atomic E-state index is -0.999. The van der Waals surface area contributed by atoms with Crippen LogP contribution in [0.15, 0.2) is 66.9 Å². The normalized spacial score (nSPS) is 14.6. The number of hydrogen-bond donors (Lipinski definition) is 2. The molecule has 0 aliphatic heterocycles. The third kappa shape index (κ3) is 3.74. The maximum absolute atomic E-state index is 11.4. The molecular formula is C27H21N3O3. The Labute approximate surface area is 190 Å². The number of nitrogen functional groups attached to an aromatic ring is 1. The number of aliphatic carboxylic acids is 1. The van der Waals surface area contributed by atoms with E-state index in [1.807, 2.05) is 18.2 Å². The first kappa shape index (κ1) is 20.5. The molecule has 0 fully saturated rings. The second-order valence-corrected chi connectivity index (χ2v) is 8.12. The van der Waals surface area contributed by atoms with Gasteiger partial charge in [0.05, 0.1) is 18.1 Å². The maximum Gasteiger partial charge on any atom is 0.308 e. The number of aromatic nitrogens is 1. The Kier molecular flexibility index (Phi) is 5.15. The van der Waals surface area contributed by atoms with E-state index in [1.165, 1.54) is 5.56 Å². The van der Waals surface area contributed by atoms with Crippen LogP contribution >= 0.6 is 0 Å². The number of aryl methyl sites for hydroxylation is 1. The molecule has 0 amide bonds. The van der Waals surface area contributed by atoms with Gasteiger partial charge in [0, 0.05) is 17.1 Å². The Morgan fingerprint density at radius 1 is 1.15 bits per heavy atom. The van der Waals surface area contributed by atoms with E-state index in [0.717, 1.165) is 40.3 Å². The number of carboxylic acid groups (broad SMARTS) is 1. The zero-order valence-electron chi connectivity index (χ0n) is 17.8. The zero-order valence-corrected chi connectivity index (χ0v) is 17.8. The Morgan fingerprint density at radius 2 is 2.00 bits per heavy atom. The first-order valence-electron chi connectivity index (χ1n) is 10.7. The molecule has 5 rings (SSSR count). The van der Waals surface area contributed by atoms with Crippen LogP contribution in [0.4, 0.5) is 5.82 Å². The predicted octanol–water partition coefficient (Wildman–Crippen LogP) is 5.05. The van der Waals surface area contributed by atoms with Crippen molar-refractivity contribution in [2.24, 2.45) is 0 Å². The standard InChI is InChI=1S/C27H21N3O3/c28-15-18-3-1-6-24(23(18)14-26(31)32)33-25-10-9-16-7-8-17(13-22(16)25)19-4-2-5-21-20(19)11-12-30-27(21)29/h1-8,11-13,25H,9-10,14H2,(H2,29,30)(H,31,32)/t25-/m1/s1. The highest BCUT2D eigenvalue weighted by Gasteiger charge is 2.26. The molecule has 0 spiro atoms. The SMILES string of the molecule is N#Cc1cccc(O[C@@H]2CCc3ccc(-c4cccc5c(N)nccc45)cc32)c1CC(=O)O. The van der Waals surface area contributed by atoms with Crippen molar-refractivity contribution in [1.29, 1.82) is 5.26 Å². The molecule has 162 valence electrons. The fourth-order valence-corrected chi connectivity index (χ4v) is 4.60. The Morgan fingerprint density at radius 3 is 2.82 bits per heavy atom. The topological polar surface area (TPSA) is 109 Å². The van der Waals surface area contributed by atoms with Crippen LogP contribution in [0, 0.1) is 11.3 Å². The third-order valence-electron chi connectivity index (χ3n) is 6.17. The number of nitrogens with zero attached hydrogens (tertiary/aromatic N) is 2. The Bertz CT molecular complexity index is 1440. The summed E-state index contributed by atoms with van der Waals surface area (Å²) in [4.78, 5) is 15.6. The number of pyridine rings is 1. The lowest BCUT2D eigenvalue weighted by molar-refractivity contribution is -0.136. The van der Waals surface area contributed by atoms with Crippen LogP contribution in [0.3, 0.4) is 0 Å². The van der Waals surface area contributed by atoms with E-state index in [2.05, 4.69) is 35.3 Å². The van der Waals surface area contributed by atoms with E-state index in [4.69, 9.17) is 10.5 Å². The Hall–Kier alpha value is -4.37. The van der Waals surface area contributed by atoms with Gasteiger partial charge in [0.25, 0.3) is 0 Å². The second-order valence-electron chi connectivity index (χ2n) is 8.12. The van der Waals surface area contributed by atoms with Crippen molar-refractivity contribution in [3.8, 4) is 22.9 Å². The first-order chi connectivity index (χ1) is 16.0. The summed E-state index contributed by atoms with van der Waals surface area (Å²) in [5.41, 5.74) is 11.2. The van der Waals surface area contributed by atoms with Gasteiger partial charge in [-0.05, 0) is 64.7 Å². The van der Waals surface area contributed by atoms with Gasteiger partial charge in [-0.25, -0.2) is 4.98 Å². The largest absolute Gasteiger partial charge is 0.485 e. The van der Waals surface area contributed by atoms with Gasteiger partial charge in [0.15, 0.2) is 0 Å². The van der Waals surface area contributed by atoms with Crippen LogP contribution in [0.1, 0.15) is 34.8 Å². The van der Waals surface area contributed by atoms with Crippen LogP contribution in [0.5, 0.6) is 5.75 Å². The number of anilines is 1. The van der Waals surface area contributed by atoms with Crippen molar-refractivity contribution in [2.45, 2.75) is 25.4 Å². The van der Waals surface area contributed by atoms with E-state index < -0.39 is 5.97 Å². The molecule has 1 aliphatic carbocycles. The minimum absolute atomic E-state index is 0.219. The van der Waals surface area contributed by atoms with E-state index in [1.54, 1.807) is 24.4 Å². The fraction of sp³-hybridized carbons (Fsp3) is 0.148. The molecule has 1 aromatic heterocycles. The number of rotatable bonds is 5. The average molecular weight is 435 g/mol. The summed E-state index contributed by atoms with van der Waals surface area (Å²) in [6.45, 7) is 0. The van der Waals surface area contributed by atoms with E-state index in [9.17, 15) is 15.2 Å². The van der Waals surface area contributed by atoms with Crippen LogP contribution in [0.25, 0.3) is 21.9 Å². The molecule has 0 saturated heterocycles. The van der Waals surface area contributed by atoms with Crippen molar-refractivity contribution in [3.05, 3.63) is 89.1 Å². The van der Waals surface area contributed by atoms with Gasteiger partial charge in [-0.2, -0.15) is 5.26 Å². The summed E-state index contributed by atoms with van der Waals surface area (Å²) in [5.74, 6) is -0.0508. The molecule has 0 unspecified atom stereocenters. The average Bonchev–Trinajstić information content (AvgIpc) is 3.22. The number of carboxylic acids is 1. The summed E-state index contributed by atoms with van der Waals surface area (Å²) in [5, 5.41) is 20.7. The molecule has 0 radical (unpaired) electrons. The number of nitrogens with two attached hydrogens (primary N) is 1. The predicted molar refractivity (Wildman–Crippen MR) is 126 cm³/mol. The van der Waals surface area contributed by atoms with Crippen LogP contribution in [0.2, 0.25) is 0 Å². The van der Waals surface area contributed by atoms with E-state index in [0.29, 0.717) is 22.7 Å². The van der Waals surface area contributed by atoms with Gasteiger partial charge in [0.2, 0.25) is 0 Å². The van der Waals surface area contributed by atoms with Gasteiger partial charge < -0.3 is 15.6 Å². The van der Waals surface area contributed by atoms with Crippen LogP contribution in [-0.2, 0) is 17.6 Å². The van der Waals surface area contributed by atoms with E-state index in [-0.39, 0.29) is 12.5 Å². The highest BCUT2D eigenvalue weighted by molar-refractivity contribution is 6.01. The van der Waals surface area contributed by atoms with Crippen molar-refractivity contribution >= 4 is 22.6 Å². The molecule has 6 nitrogen and oxygen atoms in total. The van der Waals surface area contributed by atoms with Crippen molar-refractivity contribution in [2.75, 3.05) is 5.73 Å². The molecule has 3 aromatic carbocycles. The maximum atomic E-state index is 11.4. The molecule has 33 heavy (non-hydrogen) atoms. The van der Waals surface area contributed by atoms with Crippen molar-refractivity contribution in [3.63, 3.8) is 0 Å². The number of hydrogen-bond acceptors (Lipinski definition) is 5. The van der Waals surface area contributed by atoms with E-state index >= 15 is 0 Å². The van der Waals surface area contributed by atoms with Gasteiger partial charge in [-0.3, -0.25) is 4.79 Å². The van der Waals surface area contributed by atoms with Gasteiger partial charge in [-0.15, -0.1) is 0 Å². The Balaban J connectivity index is 1.54. The highest BCUT2D eigenvalue weighted by atomic mass is 16.5. The monoisotopic (exact) mass is 435 g/mol. The zero-order chi connectivity index (χ0) is 22.9. The third-order valence-corrected chi connectivity index (χ3v) is 6.17. The number of benzene rings is 3. The number of ether oxygens (including phenoxy) is 1. The molecule has 0 bridgehead atoms. The highest BCUT2D eigenvalue weighted by Crippen LogP contribution is 2.40. The summed E-state index contributed by atoms with van der Waals surface area (Å²) < 4.78 is 6.33. The molecule has 3 N–H and O–H groups in total. The van der Waals surface area contributed by atoms with Crippen molar-refractivity contribution in [1.82, 2.24) is 4.98 Å². The number of carbonyl (C=O) groups is 1. The molecular weight excluding hydrogens is 414 g/mol. The van der Waals surface area contributed by atoms with Gasteiger partial charge >= 0.3 is 5.97 Å². The fourth-order valence-electron chi connectivity index (χ4n) is 4.60. The second kappa shape index (κ2) is 8.29. The summed E-state index contributed by atoms with van der Waals surface area (Å²) in [7, 11) is 0. The minimum Gasteiger partial charge on any atom is -0.485 e. The smallest absolute Gasteiger partial charge is 0.308 e. The first-order valence-corrected chi connectivity index (χ1v) is 10.7. The van der Waals surface area contributed by atoms with Crippen molar-refractivity contribution < 1.29 is 14.6 Å². The molecule has 1 heterocycles. The molecule has 1 atom stereocenters. The lowest BCUT2D eigenvalue weighted by Gasteiger charge is -2.19. The summed E-state index contributed by atoms with van der Waals surface area (Å²) in [6.07, 6.45) is 2.90. The molecule has 0 saturated carbocycles.